The molecule has 0 radical (unpaired) electrons. The van der Waals surface area contributed by atoms with Crippen molar-refractivity contribution < 1.29 is 18.7 Å². The maximum absolute atomic E-state index is 13.6. The second-order valence-electron chi connectivity index (χ2n) is 6.16. The van der Waals surface area contributed by atoms with Crippen molar-refractivity contribution in [1.82, 2.24) is 0 Å². The number of carbonyl (C=O) groups is 2. The Morgan fingerprint density at radius 3 is 2.69 bits per heavy atom. The van der Waals surface area contributed by atoms with E-state index in [1.807, 2.05) is 24.3 Å². The molecule has 1 heterocycles. The normalized spacial score (nSPS) is 14.8. The van der Waals surface area contributed by atoms with Gasteiger partial charge in [-0.15, -0.1) is 0 Å². The van der Waals surface area contributed by atoms with Crippen LogP contribution in [0.15, 0.2) is 54.6 Å². The second-order valence-corrected chi connectivity index (χ2v) is 6.16. The lowest BCUT2D eigenvalue weighted by molar-refractivity contribution is -0.149. The van der Waals surface area contributed by atoms with Gasteiger partial charge < -0.3 is 9.64 Å². The van der Waals surface area contributed by atoms with Crippen molar-refractivity contribution >= 4 is 23.6 Å². The van der Waals surface area contributed by atoms with Gasteiger partial charge in [0.25, 0.3) is 5.91 Å². The molecule has 0 spiro atoms. The summed E-state index contributed by atoms with van der Waals surface area (Å²) in [6.07, 6.45) is 3.35. The van der Waals surface area contributed by atoms with Crippen molar-refractivity contribution in [2.45, 2.75) is 25.9 Å². The highest BCUT2D eigenvalue weighted by molar-refractivity contribution is 5.99. The molecule has 4 nitrogen and oxygen atoms in total. The molecule has 134 valence electrons. The van der Waals surface area contributed by atoms with E-state index in [1.54, 1.807) is 30.0 Å². The molecule has 0 N–H and O–H groups in total. The average molecular weight is 353 g/mol. The van der Waals surface area contributed by atoms with Crippen molar-refractivity contribution in [2.24, 2.45) is 0 Å². The quantitative estimate of drug-likeness (QED) is 0.621. The molecular weight excluding hydrogens is 333 g/mol. The largest absolute Gasteiger partial charge is 0.449 e. The number of esters is 1. The minimum atomic E-state index is -0.918. The fourth-order valence-electron chi connectivity index (χ4n) is 3.01. The lowest BCUT2D eigenvalue weighted by Gasteiger charge is -2.31. The van der Waals surface area contributed by atoms with Crippen LogP contribution < -0.4 is 4.90 Å². The summed E-state index contributed by atoms with van der Waals surface area (Å²) in [5.41, 5.74) is 2.27. The Balaban J connectivity index is 1.65. The van der Waals surface area contributed by atoms with Crippen LogP contribution >= 0.6 is 0 Å². The molecule has 5 heteroatoms. The zero-order valence-electron chi connectivity index (χ0n) is 14.5. The Morgan fingerprint density at radius 1 is 1.15 bits per heavy atom. The van der Waals surface area contributed by atoms with Gasteiger partial charge in [-0.25, -0.2) is 9.18 Å². The number of benzene rings is 2. The zero-order chi connectivity index (χ0) is 18.5. The van der Waals surface area contributed by atoms with E-state index in [0.717, 1.165) is 30.2 Å². The molecule has 0 fully saturated rings. The van der Waals surface area contributed by atoms with E-state index >= 15 is 0 Å². The number of hydrogen-bond acceptors (Lipinski definition) is 3. The number of amides is 1. The molecule has 0 saturated carbocycles. The smallest absolute Gasteiger partial charge is 0.331 e. The second kappa shape index (κ2) is 7.95. The molecule has 26 heavy (non-hydrogen) atoms. The highest BCUT2D eigenvalue weighted by Crippen LogP contribution is 2.27. The van der Waals surface area contributed by atoms with Crippen LogP contribution in [0.3, 0.4) is 0 Å². The number of halogens is 1. The van der Waals surface area contributed by atoms with Crippen LogP contribution in [0, 0.1) is 5.82 Å². The summed E-state index contributed by atoms with van der Waals surface area (Å²) in [5.74, 6) is -1.37. The van der Waals surface area contributed by atoms with Gasteiger partial charge in [0.15, 0.2) is 6.10 Å². The molecule has 1 aliphatic heterocycles. The number of hydrogen-bond donors (Lipinski definition) is 0. The van der Waals surface area contributed by atoms with Gasteiger partial charge >= 0.3 is 5.97 Å². The molecule has 2 aromatic rings. The molecule has 1 atom stereocenters. The van der Waals surface area contributed by atoms with E-state index in [4.69, 9.17) is 4.74 Å². The third kappa shape index (κ3) is 3.99. The fourth-order valence-corrected chi connectivity index (χ4v) is 3.01. The Kier molecular flexibility index (Phi) is 5.46. The van der Waals surface area contributed by atoms with Gasteiger partial charge in [0.1, 0.15) is 5.82 Å². The predicted molar refractivity (Wildman–Crippen MR) is 98.1 cm³/mol. The van der Waals surface area contributed by atoms with Gasteiger partial charge in [-0.3, -0.25) is 4.79 Å². The molecule has 1 aliphatic rings. The van der Waals surface area contributed by atoms with Gasteiger partial charge in [-0.2, -0.15) is 0 Å². The van der Waals surface area contributed by atoms with Crippen LogP contribution in [0.25, 0.3) is 6.08 Å². The number of carbonyl (C=O) groups excluding carboxylic acids is 2. The van der Waals surface area contributed by atoms with Crippen molar-refractivity contribution in [3.8, 4) is 0 Å². The monoisotopic (exact) mass is 353 g/mol. The molecule has 0 saturated heterocycles. The number of rotatable bonds is 4. The number of fused-ring (bicyclic) bond motifs is 1. The highest BCUT2D eigenvalue weighted by atomic mass is 19.1. The fraction of sp³-hybridized carbons (Fsp3) is 0.238. The summed E-state index contributed by atoms with van der Waals surface area (Å²) < 4.78 is 18.8. The minimum Gasteiger partial charge on any atom is -0.449 e. The summed E-state index contributed by atoms with van der Waals surface area (Å²) in [6.45, 7) is 2.15. The molecule has 2 aromatic carbocycles. The Hall–Kier alpha value is -2.95. The van der Waals surface area contributed by atoms with Crippen molar-refractivity contribution in [1.29, 1.82) is 0 Å². The maximum Gasteiger partial charge on any atom is 0.331 e. The topological polar surface area (TPSA) is 46.6 Å². The van der Waals surface area contributed by atoms with Gasteiger partial charge in [-0.1, -0.05) is 36.4 Å². The summed E-state index contributed by atoms with van der Waals surface area (Å²) >= 11 is 0. The van der Waals surface area contributed by atoms with Crippen LogP contribution in [0.4, 0.5) is 10.1 Å². The third-order valence-corrected chi connectivity index (χ3v) is 4.32. The Bertz CT molecular complexity index is 847. The van der Waals surface area contributed by atoms with Gasteiger partial charge in [-0.05, 0) is 43.5 Å². The predicted octanol–water partition coefficient (Wildman–Crippen LogP) is 3.75. The van der Waals surface area contributed by atoms with E-state index in [9.17, 15) is 14.0 Å². The summed E-state index contributed by atoms with van der Waals surface area (Å²) in [6, 6.07) is 13.9. The van der Waals surface area contributed by atoms with E-state index in [1.165, 1.54) is 12.1 Å². The standard InChI is InChI=1S/C21H20FNO3/c1-15(26-20(24)13-12-16-7-2-4-10-18(16)22)21(25)23-14-6-9-17-8-3-5-11-19(17)23/h2-5,7-8,10-13,15H,6,9,14H2,1H3. The van der Waals surface area contributed by atoms with Crippen LogP contribution in [0.5, 0.6) is 0 Å². The van der Waals surface area contributed by atoms with E-state index in [-0.39, 0.29) is 11.5 Å². The maximum atomic E-state index is 13.6. The van der Waals surface area contributed by atoms with Crippen molar-refractivity contribution in [2.75, 3.05) is 11.4 Å². The van der Waals surface area contributed by atoms with E-state index in [2.05, 4.69) is 0 Å². The molecule has 3 rings (SSSR count). The van der Waals surface area contributed by atoms with Crippen LogP contribution in [-0.2, 0) is 20.7 Å². The average Bonchev–Trinajstić information content (AvgIpc) is 2.66. The van der Waals surface area contributed by atoms with E-state index in [0.29, 0.717) is 6.54 Å². The third-order valence-electron chi connectivity index (χ3n) is 4.32. The SMILES string of the molecule is CC(OC(=O)C=Cc1ccccc1F)C(=O)N1CCCc2ccccc21. The first-order chi connectivity index (χ1) is 12.6. The number of para-hydroxylation sites is 1. The molecule has 0 aromatic heterocycles. The van der Waals surface area contributed by atoms with Crippen LogP contribution in [0.2, 0.25) is 0 Å². The van der Waals surface area contributed by atoms with Crippen LogP contribution in [0.1, 0.15) is 24.5 Å². The Morgan fingerprint density at radius 2 is 1.88 bits per heavy atom. The summed E-state index contributed by atoms with van der Waals surface area (Å²) in [4.78, 5) is 26.3. The Labute approximate surface area is 151 Å². The van der Waals surface area contributed by atoms with E-state index < -0.39 is 17.9 Å². The first kappa shape index (κ1) is 17.9. The summed E-state index contributed by atoms with van der Waals surface area (Å²) in [7, 11) is 0. The van der Waals surface area contributed by atoms with Crippen LogP contribution in [-0.4, -0.2) is 24.5 Å². The number of ether oxygens (including phenoxy) is 1. The first-order valence-corrected chi connectivity index (χ1v) is 8.59. The lowest BCUT2D eigenvalue weighted by Crippen LogP contribution is -2.42. The molecule has 0 bridgehead atoms. The highest BCUT2D eigenvalue weighted by Gasteiger charge is 2.27. The zero-order valence-corrected chi connectivity index (χ0v) is 14.5. The molecular formula is C21H20FNO3. The molecule has 0 aliphatic carbocycles. The number of anilines is 1. The van der Waals surface area contributed by atoms with Gasteiger partial charge in [0.2, 0.25) is 0 Å². The van der Waals surface area contributed by atoms with Crippen molar-refractivity contribution in [3.63, 3.8) is 0 Å². The number of nitrogens with zero attached hydrogens (tertiary/aromatic N) is 1. The molecule has 1 unspecified atom stereocenters. The first-order valence-electron chi connectivity index (χ1n) is 8.59. The summed E-state index contributed by atoms with van der Waals surface area (Å²) in [5, 5.41) is 0. The molecule has 1 amide bonds. The lowest BCUT2D eigenvalue weighted by atomic mass is 10.0. The van der Waals surface area contributed by atoms with Gasteiger partial charge in [0, 0.05) is 23.9 Å². The van der Waals surface area contributed by atoms with Crippen molar-refractivity contribution in [3.05, 3.63) is 71.6 Å². The number of aryl methyl sites for hydroxylation is 1. The minimum absolute atomic E-state index is 0.259. The van der Waals surface area contributed by atoms with Gasteiger partial charge in [0.05, 0.1) is 0 Å².